The molecule has 1 aliphatic rings. The Hall–Kier alpha value is -3.67. The molecule has 0 saturated carbocycles. The summed E-state index contributed by atoms with van der Waals surface area (Å²) in [5.41, 5.74) is 5.35. The van der Waals surface area contributed by atoms with Crippen LogP contribution in [0.1, 0.15) is 27.0 Å². The van der Waals surface area contributed by atoms with Crippen molar-refractivity contribution in [1.29, 1.82) is 0 Å². The van der Waals surface area contributed by atoms with Crippen molar-refractivity contribution in [3.8, 4) is 11.5 Å². The number of benzene rings is 4. The second-order valence-electron chi connectivity index (χ2n) is 8.40. The number of para-hydroxylation sites is 1. The Balaban J connectivity index is 1.30. The number of carbonyl (C=O) groups excluding carboxylic acids is 1. The van der Waals surface area contributed by atoms with Crippen molar-refractivity contribution < 1.29 is 14.3 Å². The molecular weight excluding hydrogens is 490 g/mol. The van der Waals surface area contributed by atoms with E-state index in [1.165, 1.54) is 4.90 Å². The topological polar surface area (TPSA) is 47.6 Å². The molecule has 0 atom stereocenters. The normalized spacial score (nSPS) is 12.0. The van der Waals surface area contributed by atoms with Gasteiger partial charge in [-0.25, -0.2) is 0 Å². The average molecular weight is 514 g/mol. The second kappa shape index (κ2) is 10.5. The van der Waals surface area contributed by atoms with E-state index in [0.29, 0.717) is 17.2 Å². The first-order valence-electron chi connectivity index (χ1n) is 11.5. The molecule has 0 radical (unpaired) electrons. The standard InChI is InChI=1S/C30H24ClNO3S/c1-19-15-23(10-11-24(19)31)35-18-22-16-20(8-13-28(22)34-2)7-12-27(33)21-9-14-30-26(17-21)32-25-5-3-4-6-29(25)36-30/h3-17,32H,18H2,1-2H3/b12-7+. The summed E-state index contributed by atoms with van der Waals surface area (Å²) < 4.78 is 11.5. The summed E-state index contributed by atoms with van der Waals surface area (Å²) in [6, 6.07) is 25.3. The lowest BCUT2D eigenvalue weighted by Gasteiger charge is -2.20. The van der Waals surface area contributed by atoms with Gasteiger partial charge in [0.2, 0.25) is 0 Å². The molecule has 1 N–H and O–H groups in total. The minimum atomic E-state index is -0.0614. The van der Waals surface area contributed by atoms with Gasteiger partial charge in [0.05, 0.1) is 18.5 Å². The van der Waals surface area contributed by atoms with Crippen LogP contribution >= 0.6 is 23.4 Å². The quantitative estimate of drug-likeness (QED) is 0.175. The Labute approximate surface area is 219 Å². The van der Waals surface area contributed by atoms with Crippen LogP contribution in [0.3, 0.4) is 0 Å². The van der Waals surface area contributed by atoms with E-state index in [1.807, 2.05) is 85.8 Å². The fourth-order valence-electron chi connectivity index (χ4n) is 3.94. The maximum absolute atomic E-state index is 12.9. The maximum Gasteiger partial charge on any atom is 0.185 e. The van der Waals surface area contributed by atoms with Gasteiger partial charge in [-0.3, -0.25) is 4.79 Å². The molecule has 1 heterocycles. The number of fused-ring (bicyclic) bond motifs is 2. The van der Waals surface area contributed by atoms with Crippen molar-refractivity contribution in [2.24, 2.45) is 0 Å². The summed E-state index contributed by atoms with van der Waals surface area (Å²) >= 11 is 7.81. The van der Waals surface area contributed by atoms with Crippen LogP contribution < -0.4 is 14.8 Å². The summed E-state index contributed by atoms with van der Waals surface area (Å²) in [5.74, 6) is 1.40. The van der Waals surface area contributed by atoms with Crippen LogP contribution in [0.2, 0.25) is 5.02 Å². The molecule has 5 rings (SSSR count). The van der Waals surface area contributed by atoms with Gasteiger partial charge >= 0.3 is 0 Å². The molecule has 4 aromatic carbocycles. The van der Waals surface area contributed by atoms with Gasteiger partial charge in [0.15, 0.2) is 5.78 Å². The number of halogens is 1. The largest absolute Gasteiger partial charge is 0.496 e. The summed E-state index contributed by atoms with van der Waals surface area (Å²) in [7, 11) is 1.63. The molecule has 36 heavy (non-hydrogen) atoms. The smallest absolute Gasteiger partial charge is 0.185 e. The van der Waals surface area contributed by atoms with Gasteiger partial charge in [0.1, 0.15) is 18.1 Å². The van der Waals surface area contributed by atoms with E-state index in [9.17, 15) is 4.79 Å². The van der Waals surface area contributed by atoms with Gasteiger partial charge in [0, 0.05) is 25.9 Å². The van der Waals surface area contributed by atoms with Crippen LogP contribution in [0, 0.1) is 6.92 Å². The first-order chi connectivity index (χ1) is 17.5. The molecule has 0 unspecified atom stereocenters. The Kier molecular flexibility index (Phi) is 7.03. The molecule has 0 saturated heterocycles. The number of ether oxygens (including phenoxy) is 2. The van der Waals surface area contributed by atoms with E-state index in [0.717, 1.165) is 44.5 Å². The summed E-state index contributed by atoms with van der Waals surface area (Å²) in [6.45, 7) is 2.27. The number of ketones is 1. The SMILES string of the molecule is COc1ccc(/C=C/C(=O)c2ccc3c(c2)Nc2ccccc2S3)cc1COc1ccc(Cl)c(C)c1. The average Bonchev–Trinajstić information content (AvgIpc) is 2.90. The minimum absolute atomic E-state index is 0.0614. The second-order valence-corrected chi connectivity index (χ2v) is 9.89. The van der Waals surface area contributed by atoms with Crippen LogP contribution in [0.25, 0.3) is 6.08 Å². The fraction of sp³-hybridized carbons (Fsp3) is 0.100. The lowest BCUT2D eigenvalue weighted by molar-refractivity contribution is 0.104. The Bertz CT molecular complexity index is 1480. The van der Waals surface area contributed by atoms with Gasteiger partial charge in [0.25, 0.3) is 0 Å². The van der Waals surface area contributed by atoms with E-state index in [2.05, 4.69) is 11.4 Å². The Morgan fingerprint density at radius 1 is 0.972 bits per heavy atom. The Morgan fingerprint density at radius 3 is 2.64 bits per heavy atom. The number of rotatable bonds is 7. The van der Waals surface area contributed by atoms with E-state index >= 15 is 0 Å². The van der Waals surface area contributed by atoms with Crippen LogP contribution in [0.5, 0.6) is 11.5 Å². The van der Waals surface area contributed by atoms with Crippen molar-refractivity contribution in [3.05, 3.63) is 112 Å². The third kappa shape index (κ3) is 5.27. The third-order valence-electron chi connectivity index (χ3n) is 5.90. The molecule has 0 amide bonds. The highest BCUT2D eigenvalue weighted by molar-refractivity contribution is 7.99. The van der Waals surface area contributed by atoms with Gasteiger partial charge < -0.3 is 14.8 Å². The summed E-state index contributed by atoms with van der Waals surface area (Å²) in [6.07, 6.45) is 3.41. The highest BCUT2D eigenvalue weighted by atomic mass is 35.5. The van der Waals surface area contributed by atoms with Gasteiger partial charge in [-0.1, -0.05) is 47.6 Å². The van der Waals surface area contributed by atoms with Crippen molar-refractivity contribution in [2.75, 3.05) is 12.4 Å². The Morgan fingerprint density at radius 2 is 1.81 bits per heavy atom. The number of aryl methyl sites for hydroxylation is 1. The fourth-order valence-corrected chi connectivity index (χ4v) is 5.03. The molecular formula is C30H24ClNO3S. The molecule has 4 aromatic rings. The first kappa shape index (κ1) is 24.0. The zero-order chi connectivity index (χ0) is 25.1. The number of nitrogens with one attached hydrogen (secondary N) is 1. The number of hydrogen-bond acceptors (Lipinski definition) is 5. The number of carbonyl (C=O) groups is 1. The van der Waals surface area contributed by atoms with Crippen molar-refractivity contribution in [2.45, 2.75) is 23.3 Å². The van der Waals surface area contributed by atoms with Gasteiger partial charge in [-0.2, -0.15) is 0 Å². The third-order valence-corrected chi connectivity index (χ3v) is 7.47. The zero-order valence-electron chi connectivity index (χ0n) is 19.9. The number of anilines is 2. The lowest BCUT2D eigenvalue weighted by atomic mass is 10.1. The number of hydrogen-bond donors (Lipinski definition) is 1. The number of methoxy groups -OCH3 is 1. The highest BCUT2D eigenvalue weighted by Crippen LogP contribution is 2.44. The predicted molar refractivity (Wildman–Crippen MR) is 147 cm³/mol. The lowest BCUT2D eigenvalue weighted by Crippen LogP contribution is -2.02. The van der Waals surface area contributed by atoms with Crippen LogP contribution in [0.15, 0.2) is 94.7 Å². The number of allylic oxidation sites excluding steroid dienone is 1. The molecule has 6 heteroatoms. The van der Waals surface area contributed by atoms with Gasteiger partial charge in [-0.15, -0.1) is 0 Å². The monoisotopic (exact) mass is 513 g/mol. The minimum Gasteiger partial charge on any atom is -0.496 e. The summed E-state index contributed by atoms with van der Waals surface area (Å²) in [5, 5.41) is 4.14. The van der Waals surface area contributed by atoms with E-state index < -0.39 is 0 Å². The highest BCUT2D eigenvalue weighted by Gasteiger charge is 2.16. The van der Waals surface area contributed by atoms with Crippen molar-refractivity contribution >= 4 is 46.6 Å². The van der Waals surface area contributed by atoms with Crippen molar-refractivity contribution in [3.63, 3.8) is 0 Å². The molecule has 1 aliphatic heterocycles. The van der Waals surface area contributed by atoms with Crippen LogP contribution in [0.4, 0.5) is 11.4 Å². The molecule has 0 bridgehead atoms. The molecule has 0 spiro atoms. The van der Waals surface area contributed by atoms with E-state index in [4.69, 9.17) is 21.1 Å². The molecule has 0 aromatic heterocycles. The van der Waals surface area contributed by atoms with Crippen LogP contribution in [-0.4, -0.2) is 12.9 Å². The van der Waals surface area contributed by atoms with Gasteiger partial charge in [-0.05, 0) is 84.8 Å². The molecule has 0 fully saturated rings. The maximum atomic E-state index is 12.9. The molecule has 0 aliphatic carbocycles. The van der Waals surface area contributed by atoms with E-state index in [1.54, 1.807) is 24.9 Å². The van der Waals surface area contributed by atoms with Crippen molar-refractivity contribution in [1.82, 2.24) is 0 Å². The van der Waals surface area contributed by atoms with Crippen LogP contribution in [-0.2, 0) is 6.61 Å². The summed E-state index contributed by atoms with van der Waals surface area (Å²) in [4.78, 5) is 15.2. The molecule has 180 valence electrons. The predicted octanol–water partition coefficient (Wildman–Crippen LogP) is 8.34. The first-order valence-corrected chi connectivity index (χ1v) is 12.7. The van der Waals surface area contributed by atoms with E-state index in [-0.39, 0.29) is 5.78 Å². The zero-order valence-corrected chi connectivity index (χ0v) is 21.5. The molecule has 4 nitrogen and oxygen atoms in total.